The number of carbonyl (C=O) groups excluding carboxylic acids is 1. The lowest BCUT2D eigenvalue weighted by atomic mass is 9.78. The molecule has 0 aliphatic carbocycles. The highest BCUT2D eigenvalue weighted by Crippen LogP contribution is 2.39. The zero-order chi connectivity index (χ0) is 28.8. The molecule has 0 fully saturated rings. The monoisotopic (exact) mass is 532 g/mol. The van der Waals surface area contributed by atoms with Crippen LogP contribution < -0.4 is 10.9 Å². The summed E-state index contributed by atoms with van der Waals surface area (Å²) in [7, 11) is 1.94. The van der Waals surface area contributed by atoms with Crippen LogP contribution in [0.4, 0.5) is 4.79 Å². The normalized spacial score (nSPS) is 16.1. The smallest absolute Gasteiger partial charge is 0.407 e. The standard InChI is InChI=1S/C31H40N4O4/c1-17(2)25-16-34(8)27-22(25)12-21(20-9-10-35(30(38)39)26(14-20)31(5,6)7)13-23(27)28(36)32-15-24-18(3)11-19(4)33-29(24)37/h9,11-13,16-17,26H,10,14-15H2,1-8H3,(H,32,36)(H,33,37)(H,38,39). The quantitative estimate of drug-likeness (QED) is 0.391. The van der Waals surface area contributed by atoms with Crippen molar-refractivity contribution >= 4 is 28.5 Å². The zero-order valence-corrected chi connectivity index (χ0v) is 24.2. The Hall–Kier alpha value is -3.81. The van der Waals surface area contributed by atoms with Crippen LogP contribution in [0, 0.1) is 19.3 Å². The summed E-state index contributed by atoms with van der Waals surface area (Å²) in [4.78, 5) is 42.5. The number of benzene rings is 1. The van der Waals surface area contributed by atoms with Gasteiger partial charge in [-0.2, -0.15) is 0 Å². The summed E-state index contributed by atoms with van der Waals surface area (Å²) < 4.78 is 1.99. The molecule has 1 unspecified atom stereocenters. The van der Waals surface area contributed by atoms with Gasteiger partial charge >= 0.3 is 6.09 Å². The van der Waals surface area contributed by atoms with Crippen molar-refractivity contribution in [2.45, 2.75) is 73.4 Å². The van der Waals surface area contributed by atoms with Crippen molar-refractivity contribution in [1.29, 1.82) is 0 Å². The molecule has 208 valence electrons. The van der Waals surface area contributed by atoms with Crippen LogP contribution in [0.2, 0.25) is 0 Å². The maximum absolute atomic E-state index is 13.7. The molecular formula is C31H40N4O4. The number of rotatable bonds is 5. The molecular weight excluding hydrogens is 492 g/mol. The lowest BCUT2D eigenvalue weighted by Crippen LogP contribution is -2.48. The fraction of sp³-hybridized carbons (Fsp3) is 0.452. The number of carboxylic acid groups (broad SMARTS) is 1. The third-order valence-corrected chi connectivity index (χ3v) is 7.83. The Labute approximate surface area is 229 Å². The van der Waals surface area contributed by atoms with Crippen LogP contribution in [-0.4, -0.2) is 44.1 Å². The Morgan fingerprint density at radius 2 is 1.87 bits per heavy atom. The van der Waals surface area contributed by atoms with Crippen molar-refractivity contribution < 1.29 is 14.7 Å². The van der Waals surface area contributed by atoms with Gasteiger partial charge in [0, 0.05) is 49.0 Å². The maximum atomic E-state index is 13.7. The number of hydrogen-bond donors (Lipinski definition) is 3. The molecule has 3 N–H and O–H groups in total. The van der Waals surface area contributed by atoms with E-state index in [-0.39, 0.29) is 35.4 Å². The van der Waals surface area contributed by atoms with E-state index in [1.54, 1.807) is 0 Å². The molecule has 0 saturated heterocycles. The summed E-state index contributed by atoms with van der Waals surface area (Å²) in [5.74, 6) is -0.00698. The second kappa shape index (κ2) is 10.4. The van der Waals surface area contributed by atoms with Crippen molar-refractivity contribution in [3.63, 3.8) is 0 Å². The lowest BCUT2D eigenvalue weighted by Gasteiger charge is -2.41. The van der Waals surface area contributed by atoms with Crippen LogP contribution in [-0.2, 0) is 13.6 Å². The molecule has 0 radical (unpaired) electrons. The van der Waals surface area contributed by atoms with E-state index in [1.165, 1.54) is 4.90 Å². The summed E-state index contributed by atoms with van der Waals surface area (Å²) >= 11 is 0. The number of pyridine rings is 1. The van der Waals surface area contributed by atoms with Gasteiger partial charge in [-0.15, -0.1) is 0 Å². The molecule has 3 heterocycles. The number of H-pyrrole nitrogens is 1. The number of nitrogens with one attached hydrogen (secondary N) is 2. The Morgan fingerprint density at radius 3 is 2.46 bits per heavy atom. The van der Waals surface area contributed by atoms with Crippen LogP contribution in [0.15, 0.2) is 35.3 Å². The van der Waals surface area contributed by atoms with E-state index >= 15 is 0 Å². The van der Waals surface area contributed by atoms with Gasteiger partial charge in [0.05, 0.1) is 11.1 Å². The van der Waals surface area contributed by atoms with Crippen LogP contribution in [0.25, 0.3) is 16.5 Å². The molecule has 8 nitrogen and oxygen atoms in total. The van der Waals surface area contributed by atoms with Gasteiger partial charge in [-0.05, 0) is 72.1 Å². The fourth-order valence-corrected chi connectivity index (χ4v) is 5.72. The predicted molar refractivity (Wildman–Crippen MR) is 155 cm³/mol. The predicted octanol–water partition coefficient (Wildman–Crippen LogP) is 5.72. The summed E-state index contributed by atoms with van der Waals surface area (Å²) in [6.45, 7) is 14.6. The van der Waals surface area contributed by atoms with Crippen molar-refractivity contribution in [2.24, 2.45) is 12.5 Å². The largest absolute Gasteiger partial charge is 0.465 e. The lowest BCUT2D eigenvalue weighted by molar-refractivity contribution is 0.0884. The van der Waals surface area contributed by atoms with Gasteiger partial charge in [0.15, 0.2) is 0 Å². The number of amides is 2. The fourth-order valence-electron chi connectivity index (χ4n) is 5.72. The molecule has 1 aliphatic heterocycles. The molecule has 0 saturated carbocycles. The molecule has 0 spiro atoms. The summed E-state index contributed by atoms with van der Waals surface area (Å²) in [6, 6.07) is 5.75. The van der Waals surface area contributed by atoms with Crippen molar-refractivity contribution in [2.75, 3.05) is 6.54 Å². The Bertz CT molecular complexity index is 1530. The number of aryl methyl sites for hydroxylation is 3. The molecule has 4 rings (SSSR count). The van der Waals surface area contributed by atoms with Gasteiger partial charge < -0.3 is 24.9 Å². The van der Waals surface area contributed by atoms with Crippen LogP contribution >= 0.6 is 0 Å². The first kappa shape index (κ1) is 28.2. The maximum Gasteiger partial charge on any atom is 0.407 e. The number of fused-ring (bicyclic) bond motifs is 1. The Morgan fingerprint density at radius 1 is 1.18 bits per heavy atom. The van der Waals surface area contributed by atoms with Gasteiger partial charge in [-0.1, -0.05) is 40.7 Å². The first-order valence-corrected chi connectivity index (χ1v) is 13.5. The highest BCUT2D eigenvalue weighted by molar-refractivity contribution is 6.08. The van der Waals surface area contributed by atoms with E-state index in [2.05, 4.69) is 57.2 Å². The molecule has 2 aromatic heterocycles. The highest BCUT2D eigenvalue weighted by Gasteiger charge is 2.36. The van der Waals surface area contributed by atoms with E-state index in [9.17, 15) is 19.5 Å². The minimum Gasteiger partial charge on any atom is -0.465 e. The van der Waals surface area contributed by atoms with Gasteiger partial charge in [-0.3, -0.25) is 9.59 Å². The number of hydrogen-bond acceptors (Lipinski definition) is 3. The second-order valence-corrected chi connectivity index (χ2v) is 12.1. The number of nitrogens with zero attached hydrogens (tertiary/aromatic N) is 2. The molecule has 0 bridgehead atoms. The molecule has 1 aliphatic rings. The molecule has 2 amide bonds. The Kier molecular flexibility index (Phi) is 7.52. The van der Waals surface area contributed by atoms with E-state index < -0.39 is 6.09 Å². The SMILES string of the molecule is Cc1cc(C)c(CNC(=O)c2cc(C3=CCN(C(=O)O)C(C(C)(C)C)C3)cc3c(C(C)C)cn(C)c23)c(=O)[nH]1. The molecule has 8 heteroatoms. The van der Waals surface area contributed by atoms with Crippen LogP contribution in [0.3, 0.4) is 0 Å². The van der Waals surface area contributed by atoms with Crippen molar-refractivity contribution in [3.8, 4) is 0 Å². The van der Waals surface area contributed by atoms with Crippen LogP contribution in [0.5, 0.6) is 0 Å². The third-order valence-electron chi connectivity index (χ3n) is 7.83. The van der Waals surface area contributed by atoms with Gasteiger partial charge in [0.1, 0.15) is 0 Å². The minimum absolute atomic E-state index is 0.121. The Balaban J connectivity index is 1.80. The summed E-state index contributed by atoms with van der Waals surface area (Å²) in [5, 5.41) is 13.8. The molecule has 1 atom stereocenters. The first-order valence-electron chi connectivity index (χ1n) is 13.5. The minimum atomic E-state index is -0.924. The molecule has 39 heavy (non-hydrogen) atoms. The van der Waals surface area contributed by atoms with Crippen molar-refractivity contribution in [1.82, 2.24) is 19.8 Å². The van der Waals surface area contributed by atoms with Gasteiger partial charge in [0.25, 0.3) is 11.5 Å². The van der Waals surface area contributed by atoms with E-state index in [0.29, 0.717) is 24.1 Å². The average molecular weight is 533 g/mol. The zero-order valence-electron chi connectivity index (χ0n) is 24.2. The second-order valence-electron chi connectivity index (χ2n) is 12.1. The van der Waals surface area contributed by atoms with Gasteiger partial charge in [-0.25, -0.2) is 4.79 Å². The number of aromatic nitrogens is 2. The van der Waals surface area contributed by atoms with Crippen molar-refractivity contribution in [3.05, 3.63) is 74.3 Å². The third kappa shape index (κ3) is 5.51. The molecule has 1 aromatic carbocycles. The molecule has 3 aromatic rings. The highest BCUT2D eigenvalue weighted by atomic mass is 16.4. The van der Waals surface area contributed by atoms with E-state index in [4.69, 9.17) is 0 Å². The average Bonchev–Trinajstić information content (AvgIpc) is 3.18. The number of aromatic amines is 1. The van der Waals surface area contributed by atoms with Crippen LogP contribution in [0.1, 0.15) is 85.3 Å². The van der Waals surface area contributed by atoms with E-state index in [0.717, 1.165) is 38.9 Å². The first-order chi connectivity index (χ1) is 18.2. The topological polar surface area (TPSA) is 107 Å². The van der Waals surface area contributed by atoms with E-state index in [1.807, 2.05) is 43.7 Å². The van der Waals surface area contributed by atoms with Gasteiger partial charge in [0.2, 0.25) is 0 Å². The number of carbonyl (C=O) groups is 2. The summed E-state index contributed by atoms with van der Waals surface area (Å²) in [5.41, 5.74) is 6.17. The summed E-state index contributed by atoms with van der Waals surface area (Å²) in [6.07, 6.45) is 3.67.